The normalized spacial score (nSPS) is 16.3. The molecule has 2 aromatic carbocycles. The van der Waals surface area contributed by atoms with Gasteiger partial charge in [-0.2, -0.15) is 0 Å². The van der Waals surface area contributed by atoms with Crippen molar-refractivity contribution in [3.63, 3.8) is 0 Å². The van der Waals surface area contributed by atoms with Crippen molar-refractivity contribution in [3.8, 4) is 17.1 Å². The highest BCUT2D eigenvalue weighted by molar-refractivity contribution is 5.93. The zero-order chi connectivity index (χ0) is 23.3. The predicted molar refractivity (Wildman–Crippen MR) is 135 cm³/mol. The zero-order valence-corrected chi connectivity index (χ0v) is 19.4. The van der Waals surface area contributed by atoms with Crippen molar-refractivity contribution in [1.29, 1.82) is 0 Å². The molecule has 6 nitrogen and oxygen atoms in total. The Balaban J connectivity index is 1.24. The van der Waals surface area contributed by atoms with Crippen molar-refractivity contribution in [3.05, 3.63) is 96.6 Å². The van der Waals surface area contributed by atoms with E-state index in [2.05, 4.69) is 69.6 Å². The van der Waals surface area contributed by atoms with Crippen LogP contribution in [0.1, 0.15) is 24.1 Å². The molecule has 34 heavy (non-hydrogen) atoms. The summed E-state index contributed by atoms with van der Waals surface area (Å²) in [4.78, 5) is 24.2. The van der Waals surface area contributed by atoms with Gasteiger partial charge in [-0.25, -0.2) is 9.97 Å². The van der Waals surface area contributed by atoms with Crippen LogP contribution in [0.2, 0.25) is 0 Å². The molecule has 1 amide bonds. The molecule has 1 unspecified atom stereocenters. The Morgan fingerprint density at radius 2 is 1.79 bits per heavy atom. The van der Waals surface area contributed by atoms with Crippen molar-refractivity contribution in [1.82, 2.24) is 19.4 Å². The molecule has 4 aromatic rings. The molecule has 2 aromatic heterocycles. The highest BCUT2D eigenvalue weighted by Gasteiger charge is 2.26. The van der Waals surface area contributed by atoms with Gasteiger partial charge in [0.25, 0.3) is 0 Å². The molecule has 6 heteroatoms. The second kappa shape index (κ2) is 10.0. The number of carbonyl (C=O) groups is 1. The summed E-state index contributed by atoms with van der Waals surface area (Å²) in [5.74, 6) is 0.725. The lowest BCUT2D eigenvalue weighted by atomic mass is 9.96. The Morgan fingerprint density at radius 1 is 1.00 bits per heavy atom. The van der Waals surface area contributed by atoms with Crippen molar-refractivity contribution in [2.45, 2.75) is 26.3 Å². The van der Waals surface area contributed by atoms with E-state index in [4.69, 9.17) is 0 Å². The number of piperidine rings is 1. The minimum Gasteiger partial charge on any atom is -0.326 e. The third-order valence-electron chi connectivity index (χ3n) is 6.34. The van der Waals surface area contributed by atoms with Crippen LogP contribution in [0.4, 0.5) is 5.69 Å². The van der Waals surface area contributed by atoms with Gasteiger partial charge in [-0.3, -0.25) is 14.3 Å². The number of nitrogens with zero attached hydrogens (tertiary/aromatic N) is 4. The number of rotatable bonds is 6. The van der Waals surface area contributed by atoms with Crippen LogP contribution in [-0.4, -0.2) is 38.4 Å². The molecule has 172 valence electrons. The number of benzene rings is 2. The minimum absolute atomic E-state index is 0.0345. The average Bonchev–Trinajstić information content (AvgIpc) is 3.33. The monoisotopic (exact) mass is 451 g/mol. The Labute approximate surface area is 200 Å². The van der Waals surface area contributed by atoms with E-state index >= 15 is 0 Å². The molecule has 0 radical (unpaired) electrons. The van der Waals surface area contributed by atoms with Gasteiger partial charge in [0.15, 0.2) is 0 Å². The fraction of sp³-hybridized carbons (Fsp3) is 0.250. The van der Waals surface area contributed by atoms with Crippen LogP contribution in [0.3, 0.4) is 0 Å². The number of hydrogen-bond acceptors (Lipinski definition) is 4. The fourth-order valence-corrected chi connectivity index (χ4v) is 4.64. The van der Waals surface area contributed by atoms with Gasteiger partial charge in [0.1, 0.15) is 0 Å². The van der Waals surface area contributed by atoms with Crippen molar-refractivity contribution in [2.75, 3.05) is 18.4 Å². The summed E-state index contributed by atoms with van der Waals surface area (Å²) in [6.07, 6.45) is 7.40. The Hall–Kier alpha value is -3.77. The summed E-state index contributed by atoms with van der Waals surface area (Å²) in [6, 6.07) is 22.4. The van der Waals surface area contributed by atoms with Gasteiger partial charge >= 0.3 is 0 Å². The van der Waals surface area contributed by atoms with Crippen LogP contribution in [0, 0.1) is 12.8 Å². The standard InChI is InChI=1S/C28H29N5O/c1-21-7-2-8-22(17-21)23-9-3-11-25(18-23)31-27(34)24-10-4-15-32(19-24)20-26-12-5-16-33(26)28-29-13-6-14-30-28/h2-3,5-9,11-14,16-18,24H,4,10,15,19-20H2,1H3,(H,31,34). The van der Waals surface area contributed by atoms with E-state index in [9.17, 15) is 4.79 Å². The lowest BCUT2D eigenvalue weighted by molar-refractivity contribution is -0.121. The predicted octanol–water partition coefficient (Wildman–Crippen LogP) is 5.09. The van der Waals surface area contributed by atoms with Gasteiger partial charge in [0.2, 0.25) is 11.9 Å². The van der Waals surface area contributed by atoms with Crippen LogP contribution in [-0.2, 0) is 11.3 Å². The van der Waals surface area contributed by atoms with Gasteiger partial charge in [-0.1, -0.05) is 42.0 Å². The van der Waals surface area contributed by atoms with Gasteiger partial charge in [-0.05, 0) is 67.8 Å². The van der Waals surface area contributed by atoms with Crippen LogP contribution < -0.4 is 5.32 Å². The van der Waals surface area contributed by atoms with Crippen molar-refractivity contribution >= 4 is 11.6 Å². The summed E-state index contributed by atoms with van der Waals surface area (Å²) in [5.41, 5.74) is 5.45. The molecular formula is C28H29N5O. The third kappa shape index (κ3) is 5.07. The van der Waals surface area contributed by atoms with Crippen LogP contribution in [0.15, 0.2) is 85.3 Å². The van der Waals surface area contributed by atoms with E-state index in [1.165, 1.54) is 5.56 Å². The van der Waals surface area contributed by atoms with Crippen molar-refractivity contribution < 1.29 is 4.79 Å². The molecule has 0 bridgehead atoms. The second-order valence-electron chi connectivity index (χ2n) is 8.93. The van der Waals surface area contributed by atoms with E-state index in [0.29, 0.717) is 5.95 Å². The van der Waals surface area contributed by atoms with E-state index < -0.39 is 0 Å². The molecule has 1 fully saturated rings. The first-order valence-corrected chi connectivity index (χ1v) is 11.8. The molecular weight excluding hydrogens is 422 g/mol. The first kappa shape index (κ1) is 22.0. The van der Waals surface area contributed by atoms with E-state index in [0.717, 1.165) is 55.0 Å². The minimum atomic E-state index is -0.0345. The summed E-state index contributed by atoms with van der Waals surface area (Å²) >= 11 is 0. The lowest BCUT2D eigenvalue weighted by Crippen LogP contribution is -2.40. The summed E-state index contributed by atoms with van der Waals surface area (Å²) < 4.78 is 2.01. The van der Waals surface area contributed by atoms with Gasteiger partial charge in [0.05, 0.1) is 5.92 Å². The molecule has 1 saturated heterocycles. The number of likely N-dealkylation sites (tertiary alicyclic amines) is 1. The molecule has 5 rings (SSSR count). The summed E-state index contributed by atoms with van der Waals surface area (Å²) in [6.45, 7) is 4.57. The van der Waals surface area contributed by atoms with Crippen LogP contribution >= 0.6 is 0 Å². The van der Waals surface area contributed by atoms with Gasteiger partial charge in [0, 0.05) is 43.1 Å². The number of anilines is 1. The topological polar surface area (TPSA) is 63.1 Å². The number of nitrogens with one attached hydrogen (secondary N) is 1. The maximum Gasteiger partial charge on any atom is 0.233 e. The smallest absolute Gasteiger partial charge is 0.233 e. The Morgan fingerprint density at radius 3 is 2.62 bits per heavy atom. The number of amides is 1. The summed E-state index contributed by atoms with van der Waals surface area (Å²) in [5, 5.41) is 3.16. The molecule has 1 aliphatic rings. The first-order chi connectivity index (χ1) is 16.7. The fourth-order valence-electron chi connectivity index (χ4n) is 4.64. The van der Waals surface area contributed by atoms with E-state index in [1.54, 1.807) is 12.4 Å². The largest absolute Gasteiger partial charge is 0.326 e. The Bertz CT molecular complexity index is 1270. The van der Waals surface area contributed by atoms with Gasteiger partial charge < -0.3 is 5.32 Å². The maximum atomic E-state index is 13.1. The van der Waals surface area contributed by atoms with Crippen LogP contribution in [0.25, 0.3) is 17.1 Å². The third-order valence-corrected chi connectivity index (χ3v) is 6.34. The maximum absolute atomic E-state index is 13.1. The summed E-state index contributed by atoms with van der Waals surface area (Å²) in [7, 11) is 0. The molecule has 0 spiro atoms. The highest BCUT2D eigenvalue weighted by atomic mass is 16.1. The lowest BCUT2D eigenvalue weighted by Gasteiger charge is -2.32. The Kier molecular flexibility index (Phi) is 6.49. The molecule has 3 heterocycles. The first-order valence-electron chi connectivity index (χ1n) is 11.8. The van der Waals surface area contributed by atoms with Gasteiger partial charge in [-0.15, -0.1) is 0 Å². The average molecular weight is 452 g/mol. The quantitative estimate of drug-likeness (QED) is 0.443. The van der Waals surface area contributed by atoms with Crippen LogP contribution in [0.5, 0.6) is 0 Å². The molecule has 0 saturated carbocycles. The molecule has 1 N–H and O–H groups in total. The van der Waals surface area contributed by atoms with E-state index in [-0.39, 0.29) is 11.8 Å². The second-order valence-corrected chi connectivity index (χ2v) is 8.93. The number of carbonyl (C=O) groups excluding carboxylic acids is 1. The molecule has 1 atom stereocenters. The SMILES string of the molecule is Cc1cccc(-c2cccc(NC(=O)C3CCCN(Cc4cccn4-c4ncccn4)C3)c2)c1. The number of aryl methyl sites for hydroxylation is 1. The molecule has 0 aliphatic carbocycles. The zero-order valence-electron chi connectivity index (χ0n) is 19.4. The highest BCUT2D eigenvalue weighted by Crippen LogP contribution is 2.25. The van der Waals surface area contributed by atoms with E-state index in [1.807, 2.05) is 35.0 Å². The number of hydrogen-bond donors (Lipinski definition) is 1. The van der Waals surface area contributed by atoms with Crippen molar-refractivity contribution in [2.24, 2.45) is 5.92 Å². The molecule has 1 aliphatic heterocycles. The number of aromatic nitrogens is 3.